The molecule has 0 atom stereocenters. The summed E-state index contributed by atoms with van der Waals surface area (Å²) in [5.41, 5.74) is -0.739. The molecular formula is C10H18N4O2. The van der Waals surface area contributed by atoms with Crippen molar-refractivity contribution in [2.75, 3.05) is 13.1 Å². The summed E-state index contributed by atoms with van der Waals surface area (Å²) in [6, 6.07) is 0. The first-order valence-corrected chi connectivity index (χ1v) is 5.20. The molecule has 0 amide bonds. The highest BCUT2D eigenvalue weighted by molar-refractivity contribution is 5.73. The monoisotopic (exact) mass is 226 g/mol. The lowest BCUT2D eigenvalue weighted by Gasteiger charge is -2.19. The summed E-state index contributed by atoms with van der Waals surface area (Å²) in [5, 5.41) is 16.1. The number of nitrogens with one attached hydrogen (secondary N) is 1. The molecule has 0 unspecified atom stereocenters. The van der Waals surface area contributed by atoms with Crippen LogP contribution < -0.4 is 5.32 Å². The van der Waals surface area contributed by atoms with Crippen molar-refractivity contribution >= 4 is 5.97 Å². The number of rotatable bonds is 6. The Morgan fingerprint density at radius 1 is 1.62 bits per heavy atom. The van der Waals surface area contributed by atoms with Crippen molar-refractivity contribution in [3.63, 3.8) is 0 Å². The molecule has 1 aromatic heterocycles. The van der Waals surface area contributed by atoms with Gasteiger partial charge in [-0.25, -0.2) is 4.98 Å². The van der Waals surface area contributed by atoms with E-state index in [0.717, 1.165) is 5.82 Å². The fraction of sp³-hybridized carbons (Fsp3) is 0.700. The third-order valence-electron chi connectivity index (χ3n) is 2.32. The first-order valence-electron chi connectivity index (χ1n) is 5.20. The van der Waals surface area contributed by atoms with E-state index in [1.807, 2.05) is 7.05 Å². The summed E-state index contributed by atoms with van der Waals surface area (Å²) in [6.45, 7) is 4.51. The molecule has 1 aromatic rings. The van der Waals surface area contributed by atoms with Crippen molar-refractivity contribution in [3.05, 3.63) is 12.2 Å². The Bertz CT molecular complexity index is 359. The van der Waals surface area contributed by atoms with Gasteiger partial charge in [0, 0.05) is 26.6 Å². The molecule has 0 saturated heterocycles. The zero-order valence-corrected chi connectivity index (χ0v) is 9.90. The molecule has 0 aromatic carbocycles. The average molecular weight is 226 g/mol. The zero-order chi connectivity index (χ0) is 12.2. The van der Waals surface area contributed by atoms with Crippen LogP contribution in [0.1, 0.15) is 19.7 Å². The van der Waals surface area contributed by atoms with Gasteiger partial charge in [-0.3, -0.25) is 9.48 Å². The van der Waals surface area contributed by atoms with Gasteiger partial charge in [0.25, 0.3) is 0 Å². The molecule has 0 aliphatic rings. The van der Waals surface area contributed by atoms with Crippen LogP contribution in [-0.2, 0) is 18.3 Å². The zero-order valence-electron chi connectivity index (χ0n) is 9.90. The Hall–Kier alpha value is -1.43. The van der Waals surface area contributed by atoms with Gasteiger partial charge in [-0.2, -0.15) is 5.10 Å². The SMILES string of the molecule is Cn1cnc(CCNCC(C)(C)C(=O)O)n1. The predicted molar refractivity (Wildman–Crippen MR) is 59.0 cm³/mol. The van der Waals surface area contributed by atoms with E-state index in [2.05, 4.69) is 15.4 Å². The van der Waals surface area contributed by atoms with Crippen LogP contribution >= 0.6 is 0 Å². The van der Waals surface area contributed by atoms with Crippen LogP contribution in [0.15, 0.2) is 6.33 Å². The summed E-state index contributed by atoms with van der Waals surface area (Å²) in [5.74, 6) is -0.0286. The van der Waals surface area contributed by atoms with Crippen LogP contribution in [0.3, 0.4) is 0 Å². The van der Waals surface area contributed by atoms with Crippen molar-refractivity contribution in [1.82, 2.24) is 20.1 Å². The lowest BCUT2D eigenvalue weighted by Crippen LogP contribution is -2.36. The van der Waals surface area contributed by atoms with Crippen LogP contribution in [-0.4, -0.2) is 38.9 Å². The summed E-state index contributed by atoms with van der Waals surface area (Å²) in [7, 11) is 1.82. The molecule has 6 heteroatoms. The number of carboxylic acids is 1. The van der Waals surface area contributed by atoms with E-state index in [9.17, 15) is 4.79 Å². The lowest BCUT2D eigenvalue weighted by molar-refractivity contribution is -0.146. The number of hydrogen-bond donors (Lipinski definition) is 2. The predicted octanol–water partition coefficient (Wildman–Crippen LogP) is 0.0580. The Balaban J connectivity index is 2.24. The van der Waals surface area contributed by atoms with E-state index in [-0.39, 0.29) is 0 Å². The Labute approximate surface area is 94.7 Å². The molecule has 0 spiro atoms. The van der Waals surface area contributed by atoms with Crippen LogP contribution in [0.25, 0.3) is 0 Å². The summed E-state index contributed by atoms with van der Waals surface area (Å²) >= 11 is 0. The average Bonchev–Trinajstić information content (AvgIpc) is 2.59. The van der Waals surface area contributed by atoms with Gasteiger partial charge in [-0.15, -0.1) is 0 Å². The Kier molecular flexibility index (Phi) is 4.00. The summed E-state index contributed by atoms with van der Waals surface area (Å²) in [6.07, 6.45) is 2.35. The number of hydrogen-bond acceptors (Lipinski definition) is 4. The third-order valence-corrected chi connectivity index (χ3v) is 2.32. The number of aliphatic carboxylic acids is 1. The molecule has 0 saturated carbocycles. The second kappa shape index (κ2) is 5.07. The van der Waals surface area contributed by atoms with E-state index in [1.165, 1.54) is 0 Å². The Morgan fingerprint density at radius 2 is 2.31 bits per heavy atom. The topological polar surface area (TPSA) is 80.0 Å². The van der Waals surface area contributed by atoms with Crippen LogP contribution in [0, 0.1) is 5.41 Å². The number of aromatic nitrogens is 3. The highest BCUT2D eigenvalue weighted by atomic mass is 16.4. The maximum absolute atomic E-state index is 10.8. The maximum atomic E-state index is 10.8. The molecule has 16 heavy (non-hydrogen) atoms. The Morgan fingerprint density at radius 3 is 2.81 bits per heavy atom. The highest BCUT2D eigenvalue weighted by Gasteiger charge is 2.26. The third kappa shape index (κ3) is 3.62. The molecular weight excluding hydrogens is 208 g/mol. The lowest BCUT2D eigenvalue weighted by atomic mass is 9.94. The number of nitrogens with zero attached hydrogens (tertiary/aromatic N) is 3. The molecule has 1 rings (SSSR count). The smallest absolute Gasteiger partial charge is 0.310 e. The van der Waals surface area contributed by atoms with E-state index < -0.39 is 11.4 Å². The molecule has 1 heterocycles. The molecule has 6 nitrogen and oxygen atoms in total. The minimum absolute atomic E-state index is 0.440. The minimum atomic E-state index is -0.795. The number of carbonyl (C=O) groups is 1. The van der Waals surface area contributed by atoms with Gasteiger partial charge in [0.15, 0.2) is 5.82 Å². The normalized spacial score (nSPS) is 11.7. The summed E-state index contributed by atoms with van der Waals surface area (Å²) in [4.78, 5) is 14.9. The van der Waals surface area contributed by atoms with Crippen molar-refractivity contribution in [3.8, 4) is 0 Å². The molecule has 0 fully saturated rings. The van der Waals surface area contributed by atoms with E-state index in [0.29, 0.717) is 19.5 Å². The quantitative estimate of drug-likeness (QED) is 0.670. The van der Waals surface area contributed by atoms with Gasteiger partial charge in [-0.1, -0.05) is 0 Å². The summed E-state index contributed by atoms with van der Waals surface area (Å²) < 4.78 is 1.65. The van der Waals surface area contributed by atoms with E-state index >= 15 is 0 Å². The molecule has 90 valence electrons. The second-order valence-corrected chi connectivity index (χ2v) is 4.45. The standard InChI is InChI=1S/C10H18N4O2/c1-10(2,9(15)16)6-11-5-4-8-12-7-14(3)13-8/h7,11H,4-6H2,1-3H3,(H,15,16). The van der Waals surface area contributed by atoms with Crippen LogP contribution in [0.5, 0.6) is 0 Å². The fourth-order valence-corrected chi connectivity index (χ4v) is 1.18. The van der Waals surface area contributed by atoms with E-state index in [4.69, 9.17) is 5.11 Å². The van der Waals surface area contributed by atoms with Crippen molar-refractivity contribution in [2.24, 2.45) is 12.5 Å². The van der Waals surface area contributed by atoms with Crippen LogP contribution in [0.4, 0.5) is 0 Å². The van der Waals surface area contributed by atoms with Crippen molar-refractivity contribution in [1.29, 1.82) is 0 Å². The van der Waals surface area contributed by atoms with Crippen molar-refractivity contribution < 1.29 is 9.90 Å². The van der Waals surface area contributed by atoms with Gasteiger partial charge >= 0.3 is 5.97 Å². The van der Waals surface area contributed by atoms with E-state index in [1.54, 1.807) is 24.9 Å². The van der Waals surface area contributed by atoms with Crippen molar-refractivity contribution in [2.45, 2.75) is 20.3 Å². The molecule has 0 bridgehead atoms. The van der Waals surface area contributed by atoms with Crippen LogP contribution in [0.2, 0.25) is 0 Å². The number of aryl methyl sites for hydroxylation is 1. The molecule has 0 aliphatic heterocycles. The van der Waals surface area contributed by atoms with Gasteiger partial charge < -0.3 is 10.4 Å². The molecule has 0 radical (unpaired) electrons. The fourth-order valence-electron chi connectivity index (χ4n) is 1.18. The van der Waals surface area contributed by atoms with Gasteiger partial charge in [0.1, 0.15) is 6.33 Å². The second-order valence-electron chi connectivity index (χ2n) is 4.45. The maximum Gasteiger partial charge on any atom is 0.310 e. The largest absolute Gasteiger partial charge is 0.481 e. The van der Waals surface area contributed by atoms with Gasteiger partial charge in [-0.05, 0) is 13.8 Å². The highest BCUT2D eigenvalue weighted by Crippen LogP contribution is 2.12. The first-order chi connectivity index (χ1) is 7.42. The molecule has 0 aliphatic carbocycles. The van der Waals surface area contributed by atoms with Gasteiger partial charge in [0.2, 0.25) is 0 Å². The number of carboxylic acid groups (broad SMARTS) is 1. The minimum Gasteiger partial charge on any atom is -0.481 e. The first kappa shape index (κ1) is 12.6. The van der Waals surface area contributed by atoms with Gasteiger partial charge in [0.05, 0.1) is 5.41 Å². The molecule has 2 N–H and O–H groups in total.